The van der Waals surface area contributed by atoms with Crippen LogP contribution in [0.5, 0.6) is 0 Å². The number of ether oxygens (including phenoxy) is 3. The zero-order chi connectivity index (χ0) is 30.5. The molecule has 1 aliphatic carbocycles. The number of esters is 2. The van der Waals surface area contributed by atoms with Gasteiger partial charge in [0.05, 0.1) is 30.3 Å². The standard InChI is InChI=1S/C35H45FO6/c1-5-6-7-8-26-9-11-27(12-10-26)28-13-15-29(16-14-28)30-17-18-32(33(36)19-30)31(22-41-34(38)24(2)20-37)23-42-35(39)25(3)21-40-4/h13-19,26-27,31,37H,2-3,5-12,20-23H2,1,4H3. The molecule has 6 nitrogen and oxygen atoms in total. The maximum atomic E-state index is 15.5. The molecule has 3 rings (SSSR count). The Morgan fingerprint density at radius 3 is 2.12 bits per heavy atom. The molecule has 0 amide bonds. The first-order valence-electron chi connectivity index (χ1n) is 15.0. The summed E-state index contributed by atoms with van der Waals surface area (Å²) < 4.78 is 30.9. The molecule has 228 valence electrons. The number of hydrogen-bond donors (Lipinski definition) is 1. The van der Waals surface area contributed by atoms with E-state index in [2.05, 4.69) is 32.2 Å². The smallest absolute Gasteiger partial charge is 0.335 e. The van der Waals surface area contributed by atoms with Crippen molar-refractivity contribution in [3.05, 3.63) is 83.7 Å². The Hall–Kier alpha value is -3.29. The molecule has 0 radical (unpaired) electrons. The first-order chi connectivity index (χ1) is 20.3. The van der Waals surface area contributed by atoms with E-state index in [0.29, 0.717) is 5.92 Å². The Kier molecular flexibility index (Phi) is 13.4. The number of hydrogen-bond acceptors (Lipinski definition) is 6. The predicted octanol–water partition coefficient (Wildman–Crippen LogP) is 7.27. The molecule has 0 spiro atoms. The third-order valence-electron chi connectivity index (χ3n) is 8.14. The highest BCUT2D eigenvalue weighted by Crippen LogP contribution is 2.38. The van der Waals surface area contributed by atoms with Gasteiger partial charge in [0.15, 0.2) is 0 Å². The lowest BCUT2D eigenvalue weighted by Gasteiger charge is -2.29. The highest BCUT2D eigenvalue weighted by molar-refractivity contribution is 5.88. The van der Waals surface area contributed by atoms with Gasteiger partial charge in [-0.1, -0.05) is 82.2 Å². The van der Waals surface area contributed by atoms with Crippen molar-refractivity contribution in [3.8, 4) is 11.1 Å². The second kappa shape index (κ2) is 17.0. The molecule has 0 saturated heterocycles. The molecular formula is C35H45FO6. The molecule has 0 aliphatic heterocycles. The summed E-state index contributed by atoms with van der Waals surface area (Å²) in [6.07, 6.45) is 10.3. The highest BCUT2D eigenvalue weighted by atomic mass is 19.1. The molecule has 42 heavy (non-hydrogen) atoms. The Labute approximate surface area is 249 Å². The lowest BCUT2D eigenvalue weighted by Crippen LogP contribution is -2.22. The van der Waals surface area contributed by atoms with Crippen LogP contribution in [0.3, 0.4) is 0 Å². The number of aliphatic hydroxyl groups excluding tert-OH is 1. The summed E-state index contributed by atoms with van der Waals surface area (Å²) in [5, 5.41) is 9.14. The maximum Gasteiger partial charge on any atom is 0.335 e. The van der Waals surface area contributed by atoms with E-state index < -0.39 is 30.3 Å². The van der Waals surface area contributed by atoms with Crippen LogP contribution in [-0.4, -0.2) is 50.6 Å². The van der Waals surface area contributed by atoms with E-state index in [-0.39, 0.29) is 36.5 Å². The third-order valence-corrected chi connectivity index (χ3v) is 8.14. The summed E-state index contributed by atoms with van der Waals surface area (Å²) in [6, 6.07) is 13.3. The Morgan fingerprint density at radius 1 is 0.929 bits per heavy atom. The minimum atomic E-state index is -0.806. The van der Waals surface area contributed by atoms with Gasteiger partial charge in [0.2, 0.25) is 0 Å². The van der Waals surface area contributed by atoms with Crippen molar-refractivity contribution < 1.29 is 33.3 Å². The van der Waals surface area contributed by atoms with Gasteiger partial charge in [0.25, 0.3) is 0 Å². The van der Waals surface area contributed by atoms with Crippen LogP contribution in [0.1, 0.15) is 81.3 Å². The second-order valence-electron chi connectivity index (χ2n) is 11.3. The van der Waals surface area contributed by atoms with E-state index in [0.717, 1.165) is 17.0 Å². The third kappa shape index (κ3) is 9.63. The molecule has 1 fully saturated rings. The molecule has 0 heterocycles. The summed E-state index contributed by atoms with van der Waals surface area (Å²) in [5.41, 5.74) is 3.18. The van der Waals surface area contributed by atoms with Gasteiger partial charge in [-0.25, -0.2) is 14.0 Å². The Bertz CT molecular complexity index is 1200. The van der Waals surface area contributed by atoms with Crippen LogP contribution >= 0.6 is 0 Å². The fourth-order valence-corrected chi connectivity index (χ4v) is 5.54. The molecule has 1 saturated carbocycles. The van der Waals surface area contributed by atoms with Crippen LogP contribution in [0.4, 0.5) is 4.39 Å². The van der Waals surface area contributed by atoms with E-state index in [9.17, 15) is 9.59 Å². The summed E-state index contributed by atoms with van der Waals surface area (Å²) in [7, 11) is 1.43. The normalized spacial score (nSPS) is 17.3. The molecule has 1 aliphatic rings. The van der Waals surface area contributed by atoms with E-state index in [1.165, 1.54) is 70.1 Å². The number of unbranched alkanes of at least 4 members (excludes halogenated alkanes) is 2. The molecule has 0 bridgehead atoms. The minimum absolute atomic E-state index is 0.00301. The number of carbonyl (C=O) groups excluding carboxylic acids is 2. The van der Waals surface area contributed by atoms with Gasteiger partial charge < -0.3 is 19.3 Å². The van der Waals surface area contributed by atoms with Crippen molar-refractivity contribution in [1.29, 1.82) is 0 Å². The highest BCUT2D eigenvalue weighted by Gasteiger charge is 2.24. The number of aliphatic hydroxyl groups is 1. The molecule has 2 aromatic rings. The molecule has 1 unspecified atom stereocenters. The lowest BCUT2D eigenvalue weighted by atomic mass is 9.77. The van der Waals surface area contributed by atoms with Gasteiger partial charge in [-0.15, -0.1) is 0 Å². The zero-order valence-electron chi connectivity index (χ0n) is 25.0. The summed E-state index contributed by atoms with van der Waals surface area (Å²) in [5.74, 6) is -1.34. The number of halogens is 1. The molecule has 1 N–H and O–H groups in total. The molecular weight excluding hydrogens is 535 g/mol. The van der Waals surface area contributed by atoms with Crippen molar-refractivity contribution in [1.82, 2.24) is 0 Å². The number of benzene rings is 2. The summed E-state index contributed by atoms with van der Waals surface area (Å²) in [4.78, 5) is 24.3. The number of rotatable bonds is 16. The molecule has 2 aromatic carbocycles. The van der Waals surface area contributed by atoms with Gasteiger partial charge in [-0.3, -0.25) is 0 Å². The molecule has 7 heteroatoms. The maximum absolute atomic E-state index is 15.5. The fourth-order valence-electron chi connectivity index (χ4n) is 5.54. The molecule has 0 aromatic heterocycles. The quantitative estimate of drug-likeness (QED) is 0.128. The molecule has 1 atom stereocenters. The summed E-state index contributed by atoms with van der Waals surface area (Å²) in [6.45, 7) is 8.24. The SMILES string of the molecule is C=C(CO)C(=O)OCC(COC(=O)C(=C)COC)c1ccc(-c2ccc(C3CCC(CCCCC)CC3)cc2)cc1F. The van der Waals surface area contributed by atoms with Crippen LogP contribution in [0, 0.1) is 11.7 Å². The predicted molar refractivity (Wildman–Crippen MR) is 163 cm³/mol. The number of methoxy groups -OCH3 is 1. The van der Waals surface area contributed by atoms with Gasteiger partial charge in [-0.05, 0) is 65.8 Å². The van der Waals surface area contributed by atoms with Crippen molar-refractivity contribution in [3.63, 3.8) is 0 Å². The zero-order valence-corrected chi connectivity index (χ0v) is 25.0. The average Bonchev–Trinajstić information content (AvgIpc) is 3.01. The average molecular weight is 581 g/mol. The van der Waals surface area contributed by atoms with E-state index in [1.54, 1.807) is 6.07 Å². The largest absolute Gasteiger partial charge is 0.461 e. The van der Waals surface area contributed by atoms with Crippen LogP contribution in [0.2, 0.25) is 0 Å². The number of carbonyl (C=O) groups is 2. The first kappa shape index (κ1) is 33.2. The van der Waals surface area contributed by atoms with E-state index in [4.69, 9.17) is 19.3 Å². The van der Waals surface area contributed by atoms with Crippen molar-refractivity contribution in [2.24, 2.45) is 5.92 Å². The minimum Gasteiger partial charge on any atom is -0.461 e. The topological polar surface area (TPSA) is 82.1 Å². The van der Waals surface area contributed by atoms with Crippen molar-refractivity contribution in [2.45, 2.75) is 70.1 Å². The van der Waals surface area contributed by atoms with Crippen LogP contribution in [0.15, 0.2) is 66.8 Å². The van der Waals surface area contributed by atoms with E-state index >= 15 is 4.39 Å². The lowest BCUT2D eigenvalue weighted by molar-refractivity contribution is -0.143. The van der Waals surface area contributed by atoms with Crippen molar-refractivity contribution in [2.75, 3.05) is 33.5 Å². The Balaban J connectivity index is 1.68. The fraction of sp³-hybridized carbons (Fsp3) is 0.486. The van der Waals surface area contributed by atoms with Crippen LogP contribution in [0.25, 0.3) is 11.1 Å². The monoisotopic (exact) mass is 580 g/mol. The van der Waals surface area contributed by atoms with Gasteiger partial charge in [0.1, 0.15) is 19.0 Å². The van der Waals surface area contributed by atoms with Crippen LogP contribution < -0.4 is 0 Å². The second-order valence-corrected chi connectivity index (χ2v) is 11.3. The van der Waals surface area contributed by atoms with Gasteiger partial charge >= 0.3 is 11.9 Å². The Morgan fingerprint density at radius 2 is 1.55 bits per heavy atom. The summed E-state index contributed by atoms with van der Waals surface area (Å²) >= 11 is 0. The van der Waals surface area contributed by atoms with Crippen molar-refractivity contribution >= 4 is 11.9 Å². The first-order valence-corrected chi connectivity index (χ1v) is 15.0. The van der Waals surface area contributed by atoms with E-state index in [1.807, 2.05) is 18.2 Å². The van der Waals surface area contributed by atoms with Gasteiger partial charge in [-0.2, -0.15) is 0 Å². The van der Waals surface area contributed by atoms with Gasteiger partial charge in [0, 0.05) is 7.11 Å². The van der Waals surface area contributed by atoms with Crippen LogP contribution in [-0.2, 0) is 23.8 Å².